The number of benzene rings is 2. The first-order valence-electron chi connectivity index (χ1n) is 9.97. The van der Waals surface area contributed by atoms with E-state index in [1.54, 1.807) is 7.11 Å². The number of halogens is 1. The van der Waals surface area contributed by atoms with Crippen LogP contribution >= 0.6 is 11.6 Å². The van der Waals surface area contributed by atoms with Crippen molar-refractivity contribution >= 4 is 11.6 Å². The fourth-order valence-corrected chi connectivity index (χ4v) is 4.72. The van der Waals surface area contributed by atoms with Crippen LogP contribution in [0.25, 0.3) is 0 Å². The number of hydrogen-bond acceptors (Lipinski definition) is 4. The van der Waals surface area contributed by atoms with Gasteiger partial charge in [0, 0.05) is 29.7 Å². The second-order valence-corrected chi connectivity index (χ2v) is 8.32. The Morgan fingerprint density at radius 3 is 2.64 bits per heavy atom. The van der Waals surface area contributed by atoms with E-state index in [-0.39, 0.29) is 18.2 Å². The van der Waals surface area contributed by atoms with Crippen molar-refractivity contribution in [1.29, 1.82) is 0 Å². The molecule has 0 bridgehead atoms. The predicted octanol–water partition coefficient (Wildman–Crippen LogP) is 4.27. The minimum atomic E-state index is -0.207. The minimum absolute atomic E-state index is 0.164. The van der Waals surface area contributed by atoms with E-state index in [0.29, 0.717) is 5.92 Å². The molecule has 0 saturated carbocycles. The standard InChI is InChI=1S/C23H31ClN2O2/c1-4-26-22(18-8-10-20(24)11-9-18)19(13-23(26,2)16-27)15-25-14-17-6-5-7-21(12-17)28-3/h5-12,19,22,25,27H,4,13-16H2,1-3H3/t19-,22+,23+/m0/s1. The maximum absolute atomic E-state index is 10.1. The molecule has 1 aliphatic heterocycles. The van der Waals surface area contributed by atoms with Crippen LogP contribution in [-0.4, -0.2) is 42.4 Å². The summed E-state index contributed by atoms with van der Waals surface area (Å²) in [4.78, 5) is 2.44. The Labute approximate surface area is 173 Å². The lowest BCUT2D eigenvalue weighted by Crippen LogP contribution is -2.45. The van der Waals surface area contributed by atoms with E-state index < -0.39 is 0 Å². The number of ether oxygens (including phenoxy) is 1. The molecule has 5 heteroatoms. The molecule has 0 aromatic heterocycles. The molecule has 2 N–H and O–H groups in total. The van der Waals surface area contributed by atoms with Crippen molar-refractivity contribution in [3.63, 3.8) is 0 Å². The van der Waals surface area contributed by atoms with Gasteiger partial charge in [-0.3, -0.25) is 4.90 Å². The van der Waals surface area contributed by atoms with E-state index in [0.717, 1.165) is 36.8 Å². The van der Waals surface area contributed by atoms with Crippen LogP contribution in [0.1, 0.15) is 37.4 Å². The zero-order chi connectivity index (χ0) is 20.1. The summed E-state index contributed by atoms with van der Waals surface area (Å²) in [5, 5.41) is 14.5. The van der Waals surface area contributed by atoms with Gasteiger partial charge in [0.1, 0.15) is 5.75 Å². The van der Waals surface area contributed by atoms with Gasteiger partial charge in [0.05, 0.1) is 13.7 Å². The minimum Gasteiger partial charge on any atom is -0.497 e. The summed E-state index contributed by atoms with van der Waals surface area (Å²) in [6.45, 7) is 7.08. The molecule has 0 aliphatic carbocycles. The van der Waals surface area contributed by atoms with Gasteiger partial charge in [-0.05, 0) is 61.2 Å². The van der Waals surface area contributed by atoms with E-state index in [4.69, 9.17) is 16.3 Å². The monoisotopic (exact) mass is 402 g/mol. The fraction of sp³-hybridized carbons (Fsp3) is 0.478. The first-order chi connectivity index (χ1) is 13.5. The highest BCUT2D eigenvalue weighted by atomic mass is 35.5. The van der Waals surface area contributed by atoms with Gasteiger partial charge in [-0.15, -0.1) is 0 Å². The number of likely N-dealkylation sites (tertiary alicyclic amines) is 1. The summed E-state index contributed by atoms with van der Waals surface area (Å²) < 4.78 is 5.32. The normalized spacial score (nSPS) is 25.2. The van der Waals surface area contributed by atoms with Crippen molar-refractivity contribution < 1.29 is 9.84 Å². The van der Waals surface area contributed by atoms with Crippen molar-refractivity contribution in [2.75, 3.05) is 26.8 Å². The van der Waals surface area contributed by atoms with Crippen LogP contribution < -0.4 is 10.1 Å². The van der Waals surface area contributed by atoms with Gasteiger partial charge in [-0.25, -0.2) is 0 Å². The van der Waals surface area contributed by atoms with Gasteiger partial charge in [0.2, 0.25) is 0 Å². The molecule has 2 aromatic carbocycles. The van der Waals surface area contributed by atoms with E-state index in [2.05, 4.69) is 48.3 Å². The summed E-state index contributed by atoms with van der Waals surface area (Å²) >= 11 is 6.11. The predicted molar refractivity (Wildman–Crippen MR) is 115 cm³/mol. The molecule has 152 valence electrons. The average molecular weight is 403 g/mol. The van der Waals surface area contributed by atoms with Gasteiger partial charge in [-0.1, -0.05) is 42.8 Å². The molecular weight excluding hydrogens is 372 g/mol. The van der Waals surface area contributed by atoms with Gasteiger partial charge in [0.25, 0.3) is 0 Å². The zero-order valence-electron chi connectivity index (χ0n) is 17.0. The van der Waals surface area contributed by atoms with Gasteiger partial charge < -0.3 is 15.2 Å². The molecule has 0 spiro atoms. The lowest BCUT2D eigenvalue weighted by Gasteiger charge is -2.37. The Bertz CT molecular complexity index is 767. The highest BCUT2D eigenvalue weighted by Gasteiger charge is 2.47. The summed E-state index contributed by atoms with van der Waals surface area (Å²) in [6, 6.07) is 16.6. The van der Waals surface area contributed by atoms with Gasteiger partial charge >= 0.3 is 0 Å². The molecule has 1 aliphatic rings. The van der Waals surface area contributed by atoms with Gasteiger partial charge in [0.15, 0.2) is 0 Å². The smallest absolute Gasteiger partial charge is 0.119 e. The maximum Gasteiger partial charge on any atom is 0.119 e. The van der Waals surface area contributed by atoms with Crippen molar-refractivity contribution in [3.8, 4) is 5.75 Å². The Kier molecular flexibility index (Phi) is 7.00. The lowest BCUT2D eigenvalue weighted by atomic mass is 9.90. The second kappa shape index (κ2) is 9.27. The van der Waals surface area contributed by atoms with Crippen LogP contribution in [0, 0.1) is 5.92 Å². The molecule has 3 rings (SSSR count). The van der Waals surface area contributed by atoms with Crippen molar-refractivity contribution in [2.24, 2.45) is 5.92 Å². The number of aliphatic hydroxyl groups is 1. The third-order valence-corrected chi connectivity index (χ3v) is 6.19. The zero-order valence-corrected chi connectivity index (χ0v) is 17.7. The molecule has 0 amide bonds. The number of rotatable bonds is 8. The lowest BCUT2D eigenvalue weighted by molar-refractivity contribution is 0.0579. The number of aliphatic hydroxyl groups excluding tert-OH is 1. The molecule has 1 saturated heterocycles. The molecule has 2 aromatic rings. The first-order valence-corrected chi connectivity index (χ1v) is 10.3. The average Bonchev–Trinajstić information content (AvgIpc) is 3.01. The third kappa shape index (κ3) is 4.52. The van der Waals surface area contributed by atoms with Crippen molar-refractivity contribution in [2.45, 2.75) is 38.4 Å². The molecule has 4 nitrogen and oxygen atoms in total. The van der Waals surface area contributed by atoms with Crippen LogP contribution in [0.3, 0.4) is 0 Å². The summed E-state index contributed by atoms with van der Waals surface area (Å²) in [7, 11) is 1.69. The number of nitrogens with zero attached hydrogens (tertiary/aromatic N) is 1. The number of likely N-dealkylation sites (N-methyl/N-ethyl adjacent to an activating group) is 1. The molecule has 0 unspecified atom stereocenters. The topological polar surface area (TPSA) is 44.7 Å². The molecular formula is C23H31ClN2O2. The summed E-state index contributed by atoms with van der Waals surface area (Å²) in [5.74, 6) is 1.29. The largest absolute Gasteiger partial charge is 0.497 e. The number of hydrogen-bond donors (Lipinski definition) is 2. The summed E-state index contributed by atoms with van der Waals surface area (Å²) in [5.41, 5.74) is 2.26. The van der Waals surface area contributed by atoms with E-state index in [1.165, 1.54) is 11.1 Å². The van der Waals surface area contributed by atoms with E-state index in [9.17, 15) is 5.11 Å². The Balaban J connectivity index is 1.75. The van der Waals surface area contributed by atoms with Crippen LogP contribution in [-0.2, 0) is 6.54 Å². The van der Waals surface area contributed by atoms with Crippen LogP contribution in [0.4, 0.5) is 0 Å². The molecule has 1 fully saturated rings. The van der Waals surface area contributed by atoms with Crippen molar-refractivity contribution in [1.82, 2.24) is 10.2 Å². The van der Waals surface area contributed by atoms with E-state index >= 15 is 0 Å². The number of methoxy groups -OCH3 is 1. The van der Waals surface area contributed by atoms with Gasteiger partial charge in [-0.2, -0.15) is 0 Å². The SMILES string of the molecule is CCN1[C@H](c2ccc(Cl)cc2)[C@H](CNCc2cccc(OC)c2)C[C@]1(C)CO. The van der Waals surface area contributed by atoms with Crippen LogP contribution in [0.2, 0.25) is 5.02 Å². The molecule has 0 radical (unpaired) electrons. The highest BCUT2D eigenvalue weighted by Crippen LogP contribution is 2.46. The summed E-state index contributed by atoms with van der Waals surface area (Å²) in [6.07, 6.45) is 0.954. The Hall–Kier alpha value is -1.59. The second-order valence-electron chi connectivity index (χ2n) is 7.88. The molecule has 3 atom stereocenters. The Morgan fingerprint density at radius 2 is 2.00 bits per heavy atom. The van der Waals surface area contributed by atoms with E-state index in [1.807, 2.05) is 24.3 Å². The van der Waals surface area contributed by atoms with Crippen LogP contribution in [0.15, 0.2) is 48.5 Å². The van der Waals surface area contributed by atoms with Crippen LogP contribution in [0.5, 0.6) is 5.75 Å². The number of nitrogens with one attached hydrogen (secondary N) is 1. The fourth-order valence-electron chi connectivity index (χ4n) is 4.60. The third-order valence-electron chi connectivity index (χ3n) is 5.94. The first kappa shape index (κ1) is 21.1. The Morgan fingerprint density at radius 1 is 1.25 bits per heavy atom. The molecule has 1 heterocycles. The molecule has 28 heavy (non-hydrogen) atoms. The quantitative estimate of drug-likeness (QED) is 0.692. The van der Waals surface area contributed by atoms with Crippen molar-refractivity contribution in [3.05, 3.63) is 64.7 Å². The maximum atomic E-state index is 10.1. The highest BCUT2D eigenvalue weighted by molar-refractivity contribution is 6.30.